The number of hydrogen-bond acceptors (Lipinski definition) is 3. The number of nitrogens with zero attached hydrogens (tertiary/aromatic N) is 1. The minimum absolute atomic E-state index is 0. The fourth-order valence-corrected chi connectivity index (χ4v) is 2.88. The smallest absolute Gasteiger partial charge is 0.224 e. The van der Waals surface area contributed by atoms with E-state index >= 15 is 0 Å². The molecule has 1 aliphatic heterocycles. The number of halogens is 2. The number of carbonyl (C=O) groups is 1. The number of likely N-dealkylation sites (tertiary alicyclic amines) is 1. The van der Waals surface area contributed by atoms with Crippen LogP contribution in [0.3, 0.4) is 0 Å². The lowest BCUT2D eigenvalue weighted by molar-refractivity contribution is -0.125. The van der Waals surface area contributed by atoms with Crippen LogP contribution in [0.15, 0.2) is 0 Å². The molecule has 3 unspecified atom stereocenters. The van der Waals surface area contributed by atoms with Crippen LogP contribution in [0.1, 0.15) is 25.7 Å². The third-order valence-corrected chi connectivity index (χ3v) is 3.96. The van der Waals surface area contributed by atoms with Crippen LogP contribution in [0.4, 0.5) is 0 Å². The first-order valence-corrected chi connectivity index (χ1v) is 6.38. The third kappa shape index (κ3) is 4.57. The minimum Gasteiger partial charge on any atom is -0.355 e. The number of nitrogens with one attached hydrogen (secondary N) is 1. The molecule has 1 saturated carbocycles. The zero-order chi connectivity index (χ0) is 11.5. The first-order chi connectivity index (χ1) is 7.66. The molecule has 18 heavy (non-hydrogen) atoms. The highest BCUT2D eigenvalue weighted by Gasteiger charge is 2.30. The molecule has 0 bridgehead atoms. The van der Waals surface area contributed by atoms with Gasteiger partial charge >= 0.3 is 0 Å². The second kappa shape index (κ2) is 8.20. The summed E-state index contributed by atoms with van der Waals surface area (Å²) in [5.41, 5.74) is 5.92. The van der Waals surface area contributed by atoms with Crippen LogP contribution in [-0.4, -0.2) is 43.5 Å². The highest BCUT2D eigenvalue weighted by atomic mass is 35.5. The maximum Gasteiger partial charge on any atom is 0.224 e. The number of hydrogen-bond donors (Lipinski definition) is 2. The van der Waals surface area contributed by atoms with Gasteiger partial charge < -0.3 is 16.0 Å². The van der Waals surface area contributed by atoms with Gasteiger partial charge in [-0.2, -0.15) is 0 Å². The molecule has 0 spiro atoms. The molecule has 1 heterocycles. The van der Waals surface area contributed by atoms with E-state index in [1.54, 1.807) is 0 Å². The van der Waals surface area contributed by atoms with Crippen molar-refractivity contribution in [2.75, 3.05) is 26.7 Å². The SMILES string of the molecule is CN1CCC(CNC(=O)C2CCCC2N)C1.Cl.Cl. The predicted octanol–water partition coefficient (Wildman–Crippen LogP) is 1.03. The zero-order valence-corrected chi connectivity index (χ0v) is 12.6. The van der Waals surface area contributed by atoms with E-state index in [9.17, 15) is 4.79 Å². The normalized spacial score (nSPS) is 31.6. The molecule has 2 fully saturated rings. The van der Waals surface area contributed by atoms with Gasteiger partial charge in [0.2, 0.25) is 5.91 Å². The second-order valence-electron chi connectivity index (χ2n) is 5.36. The van der Waals surface area contributed by atoms with Crippen LogP contribution in [0.2, 0.25) is 0 Å². The van der Waals surface area contributed by atoms with E-state index in [1.165, 1.54) is 6.42 Å². The van der Waals surface area contributed by atoms with Crippen molar-refractivity contribution in [1.82, 2.24) is 10.2 Å². The third-order valence-electron chi connectivity index (χ3n) is 3.96. The average Bonchev–Trinajstić information content (AvgIpc) is 2.84. The molecule has 0 aromatic rings. The Labute approximate surface area is 122 Å². The van der Waals surface area contributed by atoms with Gasteiger partial charge in [-0.1, -0.05) is 6.42 Å². The van der Waals surface area contributed by atoms with E-state index in [4.69, 9.17) is 5.73 Å². The van der Waals surface area contributed by atoms with E-state index in [2.05, 4.69) is 17.3 Å². The lowest BCUT2D eigenvalue weighted by Gasteiger charge is -2.17. The van der Waals surface area contributed by atoms with Crippen LogP contribution in [0, 0.1) is 11.8 Å². The van der Waals surface area contributed by atoms with Crippen molar-refractivity contribution in [1.29, 1.82) is 0 Å². The first-order valence-electron chi connectivity index (χ1n) is 6.38. The summed E-state index contributed by atoms with van der Waals surface area (Å²) < 4.78 is 0. The molecule has 2 aliphatic rings. The summed E-state index contributed by atoms with van der Waals surface area (Å²) in [4.78, 5) is 14.2. The summed E-state index contributed by atoms with van der Waals surface area (Å²) in [5, 5.41) is 3.07. The first kappa shape index (κ1) is 18.0. The van der Waals surface area contributed by atoms with E-state index in [0.29, 0.717) is 5.92 Å². The van der Waals surface area contributed by atoms with E-state index in [-0.39, 0.29) is 42.7 Å². The molecule has 3 atom stereocenters. The largest absolute Gasteiger partial charge is 0.355 e. The Bertz CT molecular complexity index is 266. The maximum atomic E-state index is 11.9. The van der Waals surface area contributed by atoms with Crippen molar-refractivity contribution in [2.45, 2.75) is 31.7 Å². The van der Waals surface area contributed by atoms with Crippen molar-refractivity contribution >= 4 is 30.7 Å². The maximum absolute atomic E-state index is 11.9. The monoisotopic (exact) mass is 297 g/mol. The second-order valence-corrected chi connectivity index (χ2v) is 5.36. The molecule has 0 aromatic heterocycles. The predicted molar refractivity (Wildman–Crippen MR) is 78.4 cm³/mol. The molecular weight excluding hydrogens is 273 g/mol. The number of rotatable bonds is 3. The van der Waals surface area contributed by atoms with Gasteiger partial charge in [0, 0.05) is 19.1 Å². The van der Waals surface area contributed by atoms with Gasteiger partial charge in [-0.25, -0.2) is 0 Å². The molecule has 6 heteroatoms. The van der Waals surface area contributed by atoms with Crippen molar-refractivity contribution in [3.8, 4) is 0 Å². The summed E-state index contributed by atoms with van der Waals surface area (Å²) in [6.07, 6.45) is 4.28. The van der Waals surface area contributed by atoms with Crippen LogP contribution in [0.5, 0.6) is 0 Å². The topological polar surface area (TPSA) is 58.4 Å². The number of nitrogens with two attached hydrogens (primary N) is 1. The van der Waals surface area contributed by atoms with Gasteiger partial charge in [0.1, 0.15) is 0 Å². The molecule has 3 N–H and O–H groups in total. The lowest BCUT2D eigenvalue weighted by Crippen LogP contribution is -2.40. The van der Waals surface area contributed by atoms with E-state index in [1.807, 2.05) is 0 Å². The van der Waals surface area contributed by atoms with Crippen molar-refractivity contribution in [3.63, 3.8) is 0 Å². The van der Waals surface area contributed by atoms with E-state index in [0.717, 1.165) is 38.9 Å². The van der Waals surface area contributed by atoms with E-state index < -0.39 is 0 Å². The summed E-state index contributed by atoms with van der Waals surface area (Å²) in [5.74, 6) is 0.880. The zero-order valence-electron chi connectivity index (χ0n) is 10.9. The summed E-state index contributed by atoms with van der Waals surface area (Å²) in [6, 6.07) is 0.0891. The quantitative estimate of drug-likeness (QED) is 0.818. The van der Waals surface area contributed by atoms with Crippen molar-refractivity contribution < 1.29 is 4.79 Å². The molecule has 0 aromatic carbocycles. The Kier molecular flexibility index (Phi) is 8.19. The van der Waals surface area contributed by atoms with Gasteiger partial charge in [0.05, 0.1) is 5.92 Å². The average molecular weight is 298 g/mol. The van der Waals surface area contributed by atoms with Crippen LogP contribution in [-0.2, 0) is 4.79 Å². The van der Waals surface area contributed by atoms with Crippen LogP contribution >= 0.6 is 24.8 Å². The van der Waals surface area contributed by atoms with Gasteiger partial charge in [0.25, 0.3) is 0 Å². The Hall–Kier alpha value is -0.0300. The van der Waals surface area contributed by atoms with Gasteiger partial charge in [0.15, 0.2) is 0 Å². The molecule has 0 radical (unpaired) electrons. The van der Waals surface area contributed by atoms with Crippen LogP contribution in [0.25, 0.3) is 0 Å². The Morgan fingerprint density at radius 1 is 1.33 bits per heavy atom. The van der Waals surface area contributed by atoms with Gasteiger partial charge in [-0.05, 0) is 38.8 Å². The van der Waals surface area contributed by atoms with Gasteiger partial charge in [-0.3, -0.25) is 4.79 Å². The minimum atomic E-state index is 0. The van der Waals surface area contributed by atoms with Gasteiger partial charge in [-0.15, -0.1) is 24.8 Å². The Morgan fingerprint density at radius 3 is 2.56 bits per heavy atom. The number of carbonyl (C=O) groups excluding carboxylic acids is 1. The molecule has 2 rings (SSSR count). The molecule has 1 aliphatic carbocycles. The van der Waals surface area contributed by atoms with Crippen LogP contribution < -0.4 is 11.1 Å². The fourth-order valence-electron chi connectivity index (χ4n) is 2.88. The number of amides is 1. The highest BCUT2D eigenvalue weighted by Crippen LogP contribution is 2.24. The molecule has 108 valence electrons. The summed E-state index contributed by atoms with van der Waals surface area (Å²) in [6.45, 7) is 3.09. The van der Waals surface area contributed by atoms with Crippen molar-refractivity contribution in [3.05, 3.63) is 0 Å². The fraction of sp³-hybridized carbons (Fsp3) is 0.917. The summed E-state index contributed by atoms with van der Waals surface area (Å²) >= 11 is 0. The highest BCUT2D eigenvalue weighted by molar-refractivity contribution is 5.85. The Balaban J connectivity index is 0.00000144. The molecule has 4 nitrogen and oxygen atoms in total. The molecule has 1 saturated heterocycles. The molecule has 1 amide bonds. The molecular formula is C12H25Cl2N3O. The van der Waals surface area contributed by atoms with Crippen molar-refractivity contribution in [2.24, 2.45) is 17.6 Å². The summed E-state index contributed by atoms with van der Waals surface area (Å²) in [7, 11) is 2.13. The lowest BCUT2D eigenvalue weighted by atomic mass is 10.0. The Morgan fingerprint density at radius 2 is 2.06 bits per heavy atom. The standard InChI is InChI=1S/C12H23N3O.2ClH/c1-15-6-5-9(8-15)7-14-12(16)10-3-2-4-11(10)13;;/h9-11H,2-8,13H2,1H3,(H,14,16);2*1H.